The van der Waals surface area contributed by atoms with Crippen molar-refractivity contribution in [3.05, 3.63) is 41.0 Å². The minimum absolute atomic E-state index is 0.0115. The number of urea groups is 1. The number of thioether (sulfide) groups is 1. The van der Waals surface area contributed by atoms with Gasteiger partial charge in [-0.3, -0.25) is 9.59 Å². The molecule has 1 aliphatic carbocycles. The highest BCUT2D eigenvalue weighted by Gasteiger charge is 2.40. The molecule has 0 spiro atoms. The first-order valence-electron chi connectivity index (χ1n) is 10.1. The maximum Gasteiger partial charge on any atom is 0.332 e. The number of nitrogens with one attached hydrogen (secondary N) is 1. The summed E-state index contributed by atoms with van der Waals surface area (Å²) in [6, 6.07) is 6.77. The average molecular weight is 428 g/mol. The van der Waals surface area contributed by atoms with Crippen molar-refractivity contribution in [2.24, 2.45) is 10.8 Å². The standard InChI is InChI=1S/C21H25N5O3S/c22-21(29)24-23-11-17-12-30-13-26(17)20(28)18-6-3-7-25(18)19(27)10-14-8-15-4-1-2-5-16(15)9-14/h1-2,4-5,8,11,17-18H,3,6-7,9-10,12-13H2,(H3,22,24,29)/t17-,18+/m1/s1. The fraction of sp³-hybridized carbons (Fsp3) is 0.429. The first-order valence-corrected chi connectivity index (χ1v) is 11.2. The van der Waals surface area contributed by atoms with Gasteiger partial charge in [0.1, 0.15) is 6.04 Å². The van der Waals surface area contributed by atoms with Crippen LogP contribution in [-0.2, 0) is 16.0 Å². The van der Waals surface area contributed by atoms with E-state index < -0.39 is 12.1 Å². The van der Waals surface area contributed by atoms with Crippen molar-refractivity contribution in [3.63, 3.8) is 0 Å². The van der Waals surface area contributed by atoms with Crippen LogP contribution >= 0.6 is 11.8 Å². The molecule has 2 heterocycles. The van der Waals surface area contributed by atoms with Crippen LogP contribution in [-0.4, -0.2) is 64.1 Å². The molecule has 0 unspecified atom stereocenters. The first-order chi connectivity index (χ1) is 14.5. The van der Waals surface area contributed by atoms with E-state index >= 15 is 0 Å². The summed E-state index contributed by atoms with van der Waals surface area (Å²) in [6.45, 7) is 0.610. The van der Waals surface area contributed by atoms with E-state index in [4.69, 9.17) is 5.73 Å². The molecule has 4 amide bonds. The molecule has 8 nitrogen and oxygen atoms in total. The molecule has 2 fully saturated rings. The van der Waals surface area contributed by atoms with Gasteiger partial charge in [0.15, 0.2) is 0 Å². The van der Waals surface area contributed by atoms with E-state index in [1.165, 1.54) is 17.3 Å². The molecule has 2 aliphatic heterocycles. The fourth-order valence-electron chi connectivity index (χ4n) is 4.27. The predicted octanol–water partition coefficient (Wildman–Crippen LogP) is 1.56. The second kappa shape index (κ2) is 8.91. The number of nitrogens with zero attached hydrogens (tertiary/aromatic N) is 3. The van der Waals surface area contributed by atoms with Crippen molar-refractivity contribution < 1.29 is 14.4 Å². The van der Waals surface area contributed by atoms with Gasteiger partial charge in [-0.15, -0.1) is 11.8 Å². The SMILES string of the molecule is NC(=O)NN=C[C@@H]1CSCN1C(=O)[C@@H]1CCCN1C(=O)CC1=Cc2ccccc2C1. The number of carbonyl (C=O) groups excluding carboxylic acids is 3. The lowest BCUT2D eigenvalue weighted by molar-refractivity contribution is -0.143. The highest BCUT2D eigenvalue weighted by Crippen LogP contribution is 2.30. The smallest absolute Gasteiger partial charge is 0.332 e. The summed E-state index contributed by atoms with van der Waals surface area (Å²) in [5.41, 5.74) is 10.7. The summed E-state index contributed by atoms with van der Waals surface area (Å²) >= 11 is 1.62. The topological polar surface area (TPSA) is 108 Å². The highest BCUT2D eigenvalue weighted by molar-refractivity contribution is 7.99. The molecular formula is C21H25N5O3S. The van der Waals surface area contributed by atoms with Gasteiger partial charge in [-0.2, -0.15) is 5.10 Å². The minimum atomic E-state index is -0.745. The number of rotatable bonds is 5. The Morgan fingerprint density at radius 3 is 2.90 bits per heavy atom. The summed E-state index contributed by atoms with van der Waals surface area (Å²) < 4.78 is 0. The minimum Gasteiger partial charge on any atom is -0.350 e. The van der Waals surface area contributed by atoms with Crippen molar-refractivity contribution in [3.8, 4) is 0 Å². The van der Waals surface area contributed by atoms with Gasteiger partial charge in [0.2, 0.25) is 11.8 Å². The number of amides is 4. The number of benzene rings is 1. The molecule has 9 heteroatoms. The van der Waals surface area contributed by atoms with E-state index in [0.29, 0.717) is 31.0 Å². The highest BCUT2D eigenvalue weighted by atomic mass is 32.2. The number of primary amides is 1. The molecule has 2 saturated heterocycles. The van der Waals surface area contributed by atoms with E-state index in [9.17, 15) is 14.4 Å². The Bertz CT molecular complexity index is 916. The van der Waals surface area contributed by atoms with Gasteiger partial charge < -0.3 is 15.5 Å². The molecule has 3 N–H and O–H groups in total. The van der Waals surface area contributed by atoms with E-state index in [1.807, 2.05) is 12.1 Å². The molecule has 0 saturated carbocycles. The normalized spacial score (nSPS) is 23.0. The van der Waals surface area contributed by atoms with Gasteiger partial charge in [0.25, 0.3) is 0 Å². The van der Waals surface area contributed by atoms with Crippen LogP contribution in [0.1, 0.15) is 30.4 Å². The van der Waals surface area contributed by atoms with Crippen LogP contribution < -0.4 is 11.2 Å². The van der Waals surface area contributed by atoms with Crippen LogP contribution in [0.4, 0.5) is 4.79 Å². The summed E-state index contributed by atoms with van der Waals surface area (Å²) in [4.78, 5) is 40.5. The Morgan fingerprint density at radius 1 is 1.27 bits per heavy atom. The maximum absolute atomic E-state index is 13.2. The van der Waals surface area contributed by atoms with Gasteiger partial charge in [-0.05, 0) is 30.4 Å². The zero-order valence-electron chi connectivity index (χ0n) is 16.6. The zero-order chi connectivity index (χ0) is 21.1. The van der Waals surface area contributed by atoms with Crippen LogP contribution in [0.5, 0.6) is 0 Å². The summed E-state index contributed by atoms with van der Waals surface area (Å²) in [5, 5.41) is 3.81. The number of carbonyl (C=O) groups is 3. The van der Waals surface area contributed by atoms with Crippen LogP contribution in [0.3, 0.4) is 0 Å². The molecule has 2 atom stereocenters. The Kier molecular flexibility index (Phi) is 6.08. The lowest BCUT2D eigenvalue weighted by Gasteiger charge is -2.30. The Morgan fingerprint density at radius 2 is 2.10 bits per heavy atom. The molecule has 0 radical (unpaired) electrons. The van der Waals surface area contributed by atoms with Gasteiger partial charge in [0.05, 0.1) is 11.9 Å². The lowest BCUT2D eigenvalue weighted by atomic mass is 10.1. The number of fused-ring (bicyclic) bond motifs is 1. The molecule has 0 bridgehead atoms. The molecule has 0 aromatic heterocycles. The molecule has 30 heavy (non-hydrogen) atoms. The van der Waals surface area contributed by atoms with Crippen LogP contribution in [0.25, 0.3) is 6.08 Å². The van der Waals surface area contributed by atoms with Crippen LogP contribution in [0.2, 0.25) is 0 Å². The van der Waals surface area contributed by atoms with Gasteiger partial charge in [0, 0.05) is 24.9 Å². The molecular weight excluding hydrogens is 402 g/mol. The number of likely N-dealkylation sites (tertiary alicyclic amines) is 1. The van der Waals surface area contributed by atoms with E-state index in [-0.39, 0.29) is 17.9 Å². The van der Waals surface area contributed by atoms with E-state index in [1.54, 1.807) is 21.6 Å². The van der Waals surface area contributed by atoms with Crippen molar-refractivity contribution in [2.75, 3.05) is 18.2 Å². The quantitative estimate of drug-likeness (QED) is 0.549. The fourth-order valence-corrected chi connectivity index (χ4v) is 5.40. The Labute approximate surface area is 179 Å². The molecule has 158 valence electrons. The molecule has 3 aliphatic rings. The predicted molar refractivity (Wildman–Crippen MR) is 117 cm³/mol. The Hall–Kier alpha value is -2.81. The second-order valence-corrected chi connectivity index (χ2v) is 8.73. The van der Waals surface area contributed by atoms with Crippen molar-refractivity contribution in [2.45, 2.75) is 37.8 Å². The number of hydrogen-bond acceptors (Lipinski definition) is 5. The Balaban J connectivity index is 1.39. The maximum atomic E-state index is 13.2. The lowest BCUT2D eigenvalue weighted by Crippen LogP contribution is -2.50. The second-order valence-electron chi connectivity index (χ2n) is 7.73. The average Bonchev–Trinajstić information content (AvgIpc) is 3.45. The summed E-state index contributed by atoms with van der Waals surface area (Å²) in [7, 11) is 0. The van der Waals surface area contributed by atoms with E-state index in [0.717, 1.165) is 18.4 Å². The summed E-state index contributed by atoms with van der Waals surface area (Å²) in [5.74, 6) is 1.20. The van der Waals surface area contributed by atoms with Gasteiger partial charge in [-0.25, -0.2) is 10.2 Å². The first kappa shape index (κ1) is 20.5. The number of hydrogen-bond donors (Lipinski definition) is 2. The number of nitrogens with two attached hydrogens (primary N) is 1. The third-order valence-electron chi connectivity index (χ3n) is 5.69. The third kappa shape index (κ3) is 4.35. The molecule has 1 aromatic rings. The molecule has 4 rings (SSSR count). The van der Waals surface area contributed by atoms with Crippen molar-refractivity contribution >= 4 is 41.9 Å². The van der Waals surface area contributed by atoms with Gasteiger partial charge >= 0.3 is 6.03 Å². The van der Waals surface area contributed by atoms with Crippen LogP contribution in [0.15, 0.2) is 34.9 Å². The van der Waals surface area contributed by atoms with Crippen LogP contribution in [0, 0.1) is 0 Å². The number of hydrazone groups is 1. The van der Waals surface area contributed by atoms with Crippen molar-refractivity contribution in [1.82, 2.24) is 15.2 Å². The molecule has 1 aromatic carbocycles. The van der Waals surface area contributed by atoms with Crippen molar-refractivity contribution in [1.29, 1.82) is 0 Å². The monoisotopic (exact) mass is 427 g/mol. The van der Waals surface area contributed by atoms with E-state index in [2.05, 4.69) is 28.7 Å². The largest absolute Gasteiger partial charge is 0.350 e. The van der Waals surface area contributed by atoms with Gasteiger partial charge in [-0.1, -0.05) is 35.9 Å². The summed E-state index contributed by atoms with van der Waals surface area (Å²) in [6.07, 6.45) is 6.27. The third-order valence-corrected chi connectivity index (χ3v) is 6.73. The zero-order valence-corrected chi connectivity index (χ0v) is 17.4.